The van der Waals surface area contributed by atoms with Crippen LogP contribution in [-0.4, -0.2) is 11.2 Å². The summed E-state index contributed by atoms with van der Waals surface area (Å²) in [6.07, 6.45) is 9.96. The van der Waals surface area contributed by atoms with Crippen molar-refractivity contribution in [3.05, 3.63) is 48.0 Å². The van der Waals surface area contributed by atoms with Gasteiger partial charge in [0.05, 0.1) is 6.20 Å². The fraction of sp³-hybridized carbons (Fsp3) is 0.471. The zero-order chi connectivity index (χ0) is 14.2. The van der Waals surface area contributed by atoms with Gasteiger partial charge in [-0.15, -0.1) is 0 Å². The Morgan fingerprint density at radius 1 is 1.15 bits per heavy atom. The van der Waals surface area contributed by atoms with E-state index in [-0.39, 0.29) is 0 Å². The van der Waals surface area contributed by atoms with Gasteiger partial charge in [-0.25, -0.2) is 4.98 Å². The number of oxazole rings is 1. The van der Waals surface area contributed by atoms with Crippen molar-refractivity contribution in [1.29, 1.82) is 0 Å². The Hall–Kier alpha value is -1.22. The Bertz CT molecular complexity index is 495. The minimum absolute atomic E-state index is 0.424. The Morgan fingerprint density at radius 3 is 2.65 bits per heavy atom. The van der Waals surface area contributed by atoms with E-state index in [1.165, 1.54) is 31.2 Å². The fourth-order valence-electron chi connectivity index (χ4n) is 2.32. The quantitative estimate of drug-likeness (QED) is 0.487. The lowest BCUT2D eigenvalue weighted by Gasteiger charge is -2.07. The number of hydrogen-bond acceptors (Lipinski definition) is 3. The SMILES string of the molecule is CSc1cnc(C(C)CCCCCc2ccccc2)o1. The molecule has 0 saturated carbocycles. The van der Waals surface area contributed by atoms with Crippen LogP contribution < -0.4 is 0 Å². The first kappa shape index (κ1) is 15.2. The molecule has 1 unspecified atom stereocenters. The predicted molar refractivity (Wildman–Crippen MR) is 85.3 cm³/mol. The average Bonchev–Trinajstić information content (AvgIpc) is 2.97. The van der Waals surface area contributed by atoms with Gasteiger partial charge in [0.2, 0.25) is 0 Å². The van der Waals surface area contributed by atoms with Crippen LogP contribution in [-0.2, 0) is 6.42 Å². The summed E-state index contributed by atoms with van der Waals surface area (Å²) in [6, 6.07) is 10.7. The molecule has 0 spiro atoms. The highest BCUT2D eigenvalue weighted by atomic mass is 32.2. The van der Waals surface area contributed by atoms with Crippen LogP contribution in [0.3, 0.4) is 0 Å². The monoisotopic (exact) mass is 289 g/mol. The van der Waals surface area contributed by atoms with Crippen molar-refractivity contribution in [2.24, 2.45) is 0 Å². The number of hydrogen-bond donors (Lipinski definition) is 0. The number of unbranched alkanes of at least 4 members (excludes halogenated alkanes) is 2. The third kappa shape index (κ3) is 4.71. The van der Waals surface area contributed by atoms with Crippen LogP contribution in [0.25, 0.3) is 0 Å². The van der Waals surface area contributed by atoms with Gasteiger partial charge >= 0.3 is 0 Å². The van der Waals surface area contributed by atoms with Gasteiger partial charge in [0.15, 0.2) is 11.0 Å². The van der Waals surface area contributed by atoms with E-state index in [2.05, 4.69) is 42.2 Å². The van der Waals surface area contributed by atoms with Crippen LogP contribution in [0.15, 0.2) is 46.0 Å². The fourth-order valence-corrected chi connectivity index (χ4v) is 2.65. The van der Waals surface area contributed by atoms with Gasteiger partial charge in [-0.1, -0.05) is 61.9 Å². The van der Waals surface area contributed by atoms with Crippen molar-refractivity contribution >= 4 is 11.8 Å². The lowest BCUT2D eigenvalue weighted by atomic mass is 10.0. The van der Waals surface area contributed by atoms with Crippen LogP contribution in [0.5, 0.6) is 0 Å². The highest BCUT2D eigenvalue weighted by molar-refractivity contribution is 7.98. The normalized spacial score (nSPS) is 12.5. The van der Waals surface area contributed by atoms with E-state index in [1.807, 2.05) is 12.5 Å². The van der Waals surface area contributed by atoms with Gasteiger partial charge in [-0.05, 0) is 31.1 Å². The third-order valence-corrected chi connectivity index (χ3v) is 4.16. The molecule has 0 aliphatic rings. The van der Waals surface area contributed by atoms with Crippen LogP contribution >= 0.6 is 11.8 Å². The van der Waals surface area contributed by atoms with Crippen molar-refractivity contribution < 1.29 is 4.42 Å². The Morgan fingerprint density at radius 2 is 1.95 bits per heavy atom. The molecule has 2 nitrogen and oxygen atoms in total. The van der Waals surface area contributed by atoms with E-state index in [0.717, 1.165) is 17.4 Å². The van der Waals surface area contributed by atoms with Gasteiger partial charge in [-0.2, -0.15) is 0 Å². The predicted octanol–water partition coefficient (Wildman–Crippen LogP) is 5.30. The van der Waals surface area contributed by atoms with Crippen molar-refractivity contribution in [1.82, 2.24) is 4.98 Å². The number of aryl methyl sites for hydroxylation is 1. The van der Waals surface area contributed by atoms with E-state index in [0.29, 0.717) is 5.92 Å². The second-order valence-corrected chi connectivity index (χ2v) is 6.02. The molecule has 0 radical (unpaired) electrons. The number of rotatable bonds is 8. The van der Waals surface area contributed by atoms with E-state index < -0.39 is 0 Å². The molecule has 2 aromatic rings. The van der Waals surface area contributed by atoms with Crippen molar-refractivity contribution in [2.45, 2.75) is 50.0 Å². The molecule has 0 N–H and O–H groups in total. The first-order chi connectivity index (χ1) is 9.79. The molecular weight excluding hydrogens is 266 g/mol. The molecule has 1 aromatic heterocycles. The molecule has 1 heterocycles. The maximum absolute atomic E-state index is 5.67. The number of nitrogens with zero attached hydrogens (tertiary/aromatic N) is 1. The molecule has 1 aromatic carbocycles. The summed E-state index contributed by atoms with van der Waals surface area (Å²) in [5.74, 6) is 1.31. The standard InChI is InChI=1S/C17H23NOS/c1-14(17-18-13-16(19-17)20-2)9-5-3-6-10-15-11-7-4-8-12-15/h4,7-8,11-14H,3,5-6,9-10H2,1-2H3. The van der Waals surface area contributed by atoms with Crippen LogP contribution in [0.4, 0.5) is 0 Å². The largest absolute Gasteiger partial charge is 0.434 e. The molecule has 0 aliphatic heterocycles. The summed E-state index contributed by atoms with van der Waals surface area (Å²) in [5.41, 5.74) is 1.44. The molecule has 0 bridgehead atoms. The summed E-state index contributed by atoms with van der Waals surface area (Å²) >= 11 is 1.61. The molecule has 1 atom stereocenters. The second-order valence-electron chi connectivity index (χ2n) is 5.21. The van der Waals surface area contributed by atoms with Gasteiger partial charge in [0.25, 0.3) is 0 Å². The van der Waals surface area contributed by atoms with Crippen LogP contribution in [0.2, 0.25) is 0 Å². The molecule has 0 aliphatic carbocycles. The third-order valence-electron chi connectivity index (χ3n) is 3.57. The van der Waals surface area contributed by atoms with Crippen LogP contribution in [0.1, 0.15) is 50.0 Å². The zero-order valence-corrected chi connectivity index (χ0v) is 13.2. The highest BCUT2D eigenvalue weighted by Crippen LogP contribution is 2.25. The average molecular weight is 289 g/mol. The summed E-state index contributed by atoms with van der Waals surface area (Å²) < 4.78 is 5.67. The van der Waals surface area contributed by atoms with Crippen molar-refractivity contribution in [3.63, 3.8) is 0 Å². The molecule has 0 saturated heterocycles. The molecule has 2 rings (SSSR count). The second kappa shape index (κ2) is 8.15. The maximum atomic E-state index is 5.67. The molecular formula is C17H23NOS. The lowest BCUT2D eigenvalue weighted by molar-refractivity contribution is 0.385. The van der Waals surface area contributed by atoms with E-state index in [9.17, 15) is 0 Å². The first-order valence-electron chi connectivity index (χ1n) is 7.33. The summed E-state index contributed by atoms with van der Waals surface area (Å²) in [7, 11) is 0. The van der Waals surface area contributed by atoms with Crippen molar-refractivity contribution in [2.75, 3.05) is 6.26 Å². The Labute approximate surface area is 126 Å². The number of thioether (sulfide) groups is 1. The number of aromatic nitrogens is 1. The minimum Gasteiger partial charge on any atom is -0.434 e. The van der Waals surface area contributed by atoms with E-state index in [4.69, 9.17) is 4.42 Å². The lowest BCUT2D eigenvalue weighted by Crippen LogP contribution is -1.94. The highest BCUT2D eigenvalue weighted by Gasteiger charge is 2.11. The number of benzene rings is 1. The molecule has 20 heavy (non-hydrogen) atoms. The topological polar surface area (TPSA) is 26.0 Å². The molecule has 108 valence electrons. The molecule has 0 fully saturated rings. The summed E-state index contributed by atoms with van der Waals surface area (Å²) in [6.45, 7) is 2.20. The molecule has 3 heteroatoms. The Balaban J connectivity index is 1.63. The zero-order valence-electron chi connectivity index (χ0n) is 12.3. The Kier molecular flexibility index (Phi) is 6.19. The molecule has 0 amide bonds. The van der Waals surface area contributed by atoms with Gasteiger partial charge in [-0.3, -0.25) is 0 Å². The van der Waals surface area contributed by atoms with Gasteiger partial charge in [0, 0.05) is 5.92 Å². The summed E-state index contributed by atoms with van der Waals surface area (Å²) in [5, 5.41) is 0.913. The maximum Gasteiger partial charge on any atom is 0.198 e. The smallest absolute Gasteiger partial charge is 0.198 e. The summed E-state index contributed by atoms with van der Waals surface area (Å²) in [4.78, 5) is 4.35. The van der Waals surface area contributed by atoms with E-state index >= 15 is 0 Å². The van der Waals surface area contributed by atoms with Crippen LogP contribution in [0, 0.1) is 0 Å². The van der Waals surface area contributed by atoms with Gasteiger partial charge in [0.1, 0.15) is 0 Å². The van der Waals surface area contributed by atoms with Gasteiger partial charge < -0.3 is 4.42 Å². The van der Waals surface area contributed by atoms with Crippen molar-refractivity contribution in [3.8, 4) is 0 Å². The first-order valence-corrected chi connectivity index (χ1v) is 8.55. The minimum atomic E-state index is 0.424. The van der Waals surface area contributed by atoms with E-state index in [1.54, 1.807) is 11.8 Å².